The molecule has 0 radical (unpaired) electrons. The lowest BCUT2D eigenvalue weighted by atomic mass is 10.1. The Morgan fingerprint density at radius 2 is 1.72 bits per heavy atom. The standard InChI is InChI=1S/C22H14N6S/c1-2-20(29-9-1)22-14-11-18(26-16(14)5-8-24-22)21-15-10-17(13-3-6-23-7-4-13)25-12-19(15)27-28-21/h1-12,26H,(H,27,28). The fourth-order valence-corrected chi connectivity index (χ4v) is 4.33. The summed E-state index contributed by atoms with van der Waals surface area (Å²) in [6.07, 6.45) is 7.21. The number of rotatable bonds is 3. The van der Waals surface area contributed by atoms with Crippen LogP contribution in [0.3, 0.4) is 0 Å². The van der Waals surface area contributed by atoms with Crippen LogP contribution in [0, 0.1) is 0 Å². The summed E-state index contributed by atoms with van der Waals surface area (Å²) in [5, 5.41) is 11.8. The highest BCUT2D eigenvalue weighted by molar-refractivity contribution is 7.13. The number of aromatic amines is 2. The smallest absolute Gasteiger partial charge is 0.116 e. The van der Waals surface area contributed by atoms with Gasteiger partial charge in [0.15, 0.2) is 0 Å². The molecule has 6 nitrogen and oxygen atoms in total. The number of hydrogen-bond acceptors (Lipinski definition) is 5. The fraction of sp³-hybridized carbons (Fsp3) is 0. The van der Waals surface area contributed by atoms with Gasteiger partial charge in [-0.15, -0.1) is 11.3 Å². The zero-order valence-electron chi connectivity index (χ0n) is 15.1. The third-order valence-electron chi connectivity index (χ3n) is 4.98. The van der Waals surface area contributed by atoms with Crippen molar-refractivity contribution >= 4 is 33.1 Å². The van der Waals surface area contributed by atoms with E-state index in [0.717, 1.165) is 55.0 Å². The molecule has 0 amide bonds. The van der Waals surface area contributed by atoms with Crippen LogP contribution in [-0.4, -0.2) is 30.1 Å². The van der Waals surface area contributed by atoms with Crippen LogP contribution < -0.4 is 0 Å². The fourth-order valence-electron chi connectivity index (χ4n) is 3.59. The molecule has 6 aromatic heterocycles. The molecule has 2 N–H and O–H groups in total. The van der Waals surface area contributed by atoms with Crippen molar-refractivity contribution in [1.29, 1.82) is 0 Å². The number of H-pyrrole nitrogens is 2. The largest absolute Gasteiger partial charge is 0.353 e. The maximum absolute atomic E-state index is 4.61. The van der Waals surface area contributed by atoms with Crippen LogP contribution in [0.15, 0.2) is 72.6 Å². The van der Waals surface area contributed by atoms with E-state index in [2.05, 4.69) is 53.7 Å². The summed E-state index contributed by atoms with van der Waals surface area (Å²) in [7, 11) is 0. The van der Waals surface area contributed by atoms with Gasteiger partial charge >= 0.3 is 0 Å². The highest BCUT2D eigenvalue weighted by Crippen LogP contribution is 2.34. The molecule has 6 rings (SSSR count). The van der Waals surface area contributed by atoms with Crippen LogP contribution in [0.1, 0.15) is 0 Å². The zero-order valence-corrected chi connectivity index (χ0v) is 15.9. The van der Waals surface area contributed by atoms with Gasteiger partial charge in [-0.05, 0) is 41.8 Å². The van der Waals surface area contributed by atoms with Gasteiger partial charge in [-0.25, -0.2) is 0 Å². The maximum atomic E-state index is 4.61. The van der Waals surface area contributed by atoms with Gasteiger partial charge in [0.05, 0.1) is 33.7 Å². The molecular weight excluding hydrogens is 380 g/mol. The van der Waals surface area contributed by atoms with Gasteiger partial charge in [-0.1, -0.05) is 6.07 Å². The minimum atomic E-state index is 0.867. The molecule has 0 aromatic carbocycles. The normalized spacial score (nSPS) is 11.4. The number of fused-ring (bicyclic) bond motifs is 2. The Bertz CT molecular complexity index is 1450. The molecule has 0 aliphatic carbocycles. The summed E-state index contributed by atoms with van der Waals surface area (Å²) in [5.41, 5.74) is 6.65. The first-order valence-electron chi connectivity index (χ1n) is 9.13. The zero-order chi connectivity index (χ0) is 19.2. The lowest BCUT2D eigenvalue weighted by molar-refractivity contribution is 1.11. The van der Waals surface area contributed by atoms with Gasteiger partial charge < -0.3 is 4.98 Å². The third kappa shape index (κ3) is 2.63. The van der Waals surface area contributed by atoms with E-state index in [1.54, 1.807) is 23.7 Å². The molecule has 0 saturated heterocycles. The average Bonchev–Trinajstić information content (AvgIpc) is 3.52. The van der Waals surface area contributed by atoms with E-state index >= 15 is 0 Å². The number of nitrogens with one attached hydrogen (secondary N) is 2. The van der Waals surface area contributed by atoms with Crippen molar-refractivity contribution in [3.8, 4) is 33.2 Å². The second-order valence-corrected chi connectivity index (χ2v) is 7.65. The van der Waals surface area contributed by atoms with E-state index in [4.69, 9.17) is 0 Å². The Balaban J connectivity index is 1.53. The van der Waals surface area contributed by atoms with Crippen LogP contribution in [-0.2, 0) is 0 Å². The SMILES string of the molecule is c1csc(-c2nccc3[nH]c(-c4n[nH]c5cnc(-c6ccncc6)cc45)cc23)c1. The second kappa shape index (κ2) is 6.35. The molecular formula is C22H14N6S. The number of aromatic nitrogens is 6. The van der Waals surface area contributed by atoms with Gasteiger partial charge in [0.25, 0.3) is 0 Å². The Kier molecular flexibility index (Phi) is 3.54. The van der Waals surface area contributed by atoms with Crippen LogP contribution in [0.4, 0.5) is 0 Å². The van der Waals surface area contributed by atoms with E-state index in [1.807, 2.05) is 36.7 Å². The molecule has 0 aliphatic rings. The Morgan fingerprint density at radius 1 is 0.828 bits per heavy atom. The van der Waals surface area contributed by atoms with Crippen molar-refractivity contribution in [2.45, 2.75) is 0 Å². The monoisotopic (exact) mass is 394 g/mol. The summed E-state index contributed by atoms with van der Waals surface area (Å²) >= 11 is 1.69. The molecule has 0 unspecified atom stereocenters. The summed E-state index contributed by atoms with van der Waals surface area (Å²) in [5.74, 6) is 0. The average molecular weight is 394 g/mol. The summed E-state index contributed by atoms with van der Waals surface area (Å²) in [6, 6.07) is 14.2. The molecule has 6 heterocycles. The van der Waals surface area contributed by atoms with E-state index in [0.29, 0.717) is 0 Å². The van der Waals surface area contributed by atoms with Crippen LogP contribution in [0.5, 0.6) is 0 Å². The van der Waals surface area contributed by atoms with Crippen molar-refractivity contribution in [2.24, 2.45) is 0 Å². The number of hydrogen-bond donors (Lipinski definition) is 2. The molecule has 0 fully saturated rings. The minimum Gasteiger partial charge on any atom is -0.353 e. The Hall–Kier alpha value is -3.84. The first-order chi connectivity index (χ1) is 14.4. The molecule has 29 heavy (non-hydrogen) atoms. The topological polar surface area (TPSA) is 83.1 Å². The van der Waals surface area contributed by atoms with E-state index in [1.165, 1.54) is 0 Å². The number of thiophene rings is 1. The van der Waals surface area contributed by atoms with Crippen LogP contribution in [0.25, 0.3) is 55.0 Å². The maximum Gasteiger partial charge on any atom is 0.116 e. The molecule has 138 valence electrons. The van der Waals surface area contributed by atoms with Crippen LogP contribution >= 0.6 is 11.3 Å². The highest BCUT2D eigenvalue weighted by atomic mass is 32.1. The van der Waals surface area contributed by atoms with E-state index < -0.39 is 0 Å². The number of nitrogens with zero attached hydrogens (tertiary/aromatic N) is 4. The van der Waals surface area contributed by atoms with Gasteiger partial charge in [-0.2, -0.15) is 5.10 Å². The van der Waals surface area contributed by atoms with E-state index in [-0.39, 0.29) is 0 Å². The predicted molar refractivity (Wildman–Crippen MR) is 116 cm³/mol. The Labute approximate surface area is 169 Å². The summed E-state index contributed by atoms with van der Waals surface area (Å²) in [4.78, 5) is 17.9. The molecule has 0 saturated carbocycles. The predicted octanol–water partition coefficient (Wildman–Crippen LogP) is 5.29. The van der Waals surface area contributed by atoms with Gasteiger partial charge in [0, 0.05) is 40.4 Å². The molecule has 0 atom stereocenters. The van der Waals surface area contributed by atoms with Crippen molar-refractivity contribution in [3.63, 3.8) is 0 Å². The first-order valence-corrected chi connectivity index (χ1v) is 10.0. The van der Waals surface area contributed by atoms with Crippen LogP contribution in [0.2, 0.25) is 0 Å². The lowest BCUT2D eigenvalue weighted by Crippen LogP contribution is -1.84. The summed E-state index contributed by atoms with van der Waals surface area (Å²) in [6.45, 7) is 0. The quantitative estimate of drug-likeness (QED) is 0.427. The molecule has 0 bridgehead atoms. The van der Waals surface area contributed by atoms with Gasteiger partial charge in [0.1, 0.15) is 5.69 Å². The number of pyridine rings is 3. The lowest BCUT2D eigenvalue weighted by Gasteiger charge is -2.00. The van der Waals surface area contributed by atoms with Gasteiger partial charge in [0.2, 0.25) is 0 Å². The molecule has 0 aliphatic heterocycles. The molecule has 6 aromatic rings. The van der Waals surface area contributed by atoms with Crippen molar-refractivity contribution < 1.29 is 0 Å². The van der Waals surface area contributed by atoms with Crippen molar-refractivity contribution in [1.82, 2.24) is 30.1 Å². The van der Waals surface area contributed by atoms with E-state index in [9.17, 15) is 0 Å². The second-order valence-electron chi connectivity index (χ2n) is 6.70. The minimum absolute atomic E-state index is 0.867. The van der Waals surface area contributed by atoms with Crippen molar-refractivity contribution in [3.05, 3.63) is 72.6 Å². The third-order valence-corrected chi connectivity index (χ3v) is 5.86. The first kappa shape index (κ1) is 16.1. The molecule has 0 spiro atoms. The van der Waals surface area contributed by atoms with Crippen molar-refractivity contribution in [2.75, 3.05) is 0 Å². The molecule has 7 heteroatoms. The highest BCUT2D eigenvalue weighted by Gasteiger charge is 2.15. The Morgan fingerprint density at radius 3 is 2.59 bits per heavy atom. The summed E-state index contributed by atoms with van der Waals surface area (Å²) < 4.78 is 0. The van der Waals surface area contributed by atoms with Gasteiger partial charge in [-0.3, -0.25) is 20.1 Å².